The number of nitrogens with two attached hydrogens (primary N) is 1. The third-order valence-electron chi connectivity index (χ3n) is 2.97. The Labute approximate surface area is 111 Å². The predicted molar refractivity (Wildman–Crippen MR) is 70.3 cm³/mol. The van der Waals surface area contributed by atoms with Gasteiger partial charge in [0.2, 0.25) is 0 Å². The first-order valence-electron chi connectivity index (χ1n) is 6.13. The van der Waals surface area contributed by atoms with Gasteiger partial charge in [-0.25, -0.2) is 0 Å². The molecule has 0 aromatic heterocycles. The number of rotatable bonds is 5. The molecule has 7 heteroatoms. The lowest BCUT2D eigenvalue weighted by Gasteiger charge is -2.26. The van der Waals surface area contributed by atoms with E-state index >= 15 is 0 Å². The molecule has 0 unspecified atom stereocenters. The van der Waals surface area contributed by atoms with E-state index in [1.165, 1.54) is 18.2 Å². The number of hydrogen-bond acceptors (Lipinski definition) is 6. The van der Waals surface area contributed by atoms with Crippen molar-refractivity contribution < 1.29 is 14.4 Å². The first-order valence-corrected chi connectivity index (χ1v) is 6.13. The van der Waals surface area contributed by atoms with Gasteiger partial charge in [-0.05, 0) is 6.07 Å². The molecule has 1 aromatic carbocycles. The van der Waals surface area contributed by atoms with E-state index in [0.717, 1.165) is 32.8 Å². The fourth-order valence-electron chi connectivity index (χ4n) is 1.89. The molecular formula is C12H17N3O4. The Hall–Kier alpha value is -1.86. The van der Waals surface area contributed by atoms with E-state index in [-0.39, 0.29) is 11.4 Å². The topological polar surface area (TPSA) is 90.9 Å². The first-order chi connectivity index (χ1) is 9.16. The van der Waals surface area contributed by atoms with Crippen molar-refractivity contribution >= 4 is 11.4 Å². The monoisotopic (exact) mass is 267 g/mol. The smallest absolute Gasteiger partial charge is 0.271 e. The van der Waals surface area contributed by atoms with Gasteiger partial charge >= 0.3 is 0 Å². The lowest BCUT2D eigenvalue weighted by atomic mass is 10.2. The average Bonchev–Trinajstić information content (AvgIpc) is 2.41. The van der Waals surface area contributed by atoms with Crippen molar-refractivity contribution in [3.8, 4) is 5.75 Å². The number of non-ortho nitro benzene ring substituents is 1. The molecule has 0 spiro atoms. The molecule has 2 rings (SSSR count). The van der Waals surface area contributed by atoms with Gasteiger partial charge in [-0.15, -0.1) is 0 Å². The molecular weight excluding hydrogens is 250 g/mol. The molecule has 1 aromatic rings. The van der Waals surface area contributed by atoms with E-state index in [1.54, 1.807) is 0 Å². The van der Waals surface area contributed by atoms with Gasteiger partial charge in [0, 0.05) is 31.8 Å². The number of nitrogen functional groups attached to an aromatic ring is 1. The van der Waals surface area contributed by atoms with Crippen molar-refractivity contribution in [1.82, 2.24) is 4.90 Å². The van der Waals surface area contributed by atoms with Crippen LogP contribution >= 0.6 is 0 Å². The predicted octanol–water partition coefficient (Wildman–Crippen LogP) is 0.888. The SMILES string of the molecule is Nc1cc([N+](=O)[O-])ccc1OCCN1CCOCC1. The molecule has 1 aliphatic heterocycles. The highest BCUT2D eigenvalue weighted by molar-refractivity contribution is 5.58. The molecule has 1 aliphatic rings. The Morgan fingerprint density at radius 2 is 2.16 bits per heavy atom. The molecule has 0 atom stereocenters. The molecule has 1 heterocycles. The maximum absolute atomic E-state index is 10.6. The van der Waals surface area contributed by atoms with Gasteiger partial charge in [-0.3, -0.25) is 15.0 Å². The summed E-state index contributed by atoms with van der Waals surface area (Å²) in [5, 5.41) is 10.6. The van der Waals surface area contributed by atoms with Crippen LogP contribution in [0.5, 0.6) is 5.75 Å². The quantitative estimate of drug-likeness (QED) is 0.484. The minimum absolute atomic E-state index is 0.0296. The van der Waals surface area contributed by atoms with Crippen molar-refractivity contribution in [2.45, 2.75) is 0 Å². The summed E-state index contributed by atoms with van der Waals surface area (Å²) in [7, 11) is 0. The summed E-state index contributed by atoms with van der Waals surface area (Å²) in [5.74, 6) is 0.485. The van der Waals surface area contributed by atoms with Crippen LogP contribution in [0.2, 0.25) is 0 Å². The van der Waals surface area contributed by atoms with Gasteiger partial charge in [-0.2, -0.15) is 0 Å². The summed E-state index contributed by atoms with van der Waals surface area (Å²) in [4.78, 5) is 12.3. The van der Waals surface area contributed by atoms with Crippen molar-refractivity contribution in [3.05, 3.63) is 28.3 Å². The average molecular weight is 267 g/mol. The summed E-state index contributed by atoms with van der Waals surface area (Å²) in [6, 6.07) is 4.23. The Bertz CT molecular complexity index is 447. The van der Waals surface area contributed by atoms with Gasteiger partial charge in [-0.1, -0.05) is 0 Å². The molecule has 0 radical (unpaired) electrons. The van der Waals surface area contributed by atoms with E-state index < -0.39 is 4.92 Å². The van der Waals surface area contributed by atoms with Crippen LogP contribution in [0.4, 0.5) is 11.4 Å². The highest BCUT2D eigenvalue weighted by Crippen LogP contribution is 2.26. The van der Waals surface area contributed by atoms with Crippen molar-refractivity contribution in [2.24, 2.45) is 0 Å². The highest BCUT2D eigenvalue weighted by Gasteiger charge is 2.12. The van der Waals surface area contributed by atoms with Crippen molar-refractivity contribution in [3.63, 3.8) is 0 Å². The van der Waals surface area contributed by atoms with Gasteiger partial charge in [0.25, 0.3) is 5.69 Å². The molecule has 0 bridgehead atoms. The lowest BCUT2D eigenvalue weighted by molar-refractivity contribution is -0.384. The summed E-state index contributed by atoms with van der Waals surface area (Å²) < 4.78 is 10.8. The Balaban J connectivity index is 1.83. The Morgan fingerprint density at radius 1 is 1.42 bits per heavy atom. The second kappa shape index (κ2) is 6.35. The summed E-state index contributed by atoms with van der Waals surface area (Å²) in [6.45, 7) is 4.60. The van der Waals surface area contributed by atoms with E-state index in [9.17, 15) is 10.1 Å². The zero-order valence-corrected chi connectivity index (χ0v) is 10.6. The van der Waals surface area contributed by atoms with Gasteiger partial charge in [0.15, 0.2) is 0 Å². The molecule has 2 N–H and O–H groups in total. The zero-order chi connectivity index (χ0) is 13.7. The van der Waals surface area contributed by atoms with Crippen molar-refractivity contribution in [1.29, 1.82) is 0 Å². The number of morpholine rings is 1. The normalized spacial score (nSPS) is 16.2. The van der Waals surface area contributed by atoms with Crippen LogP contribution in [0.15, 0.2) is 18.2 Å². The van der Waals surface area contributed by atoms with Crippen LogP contribution in [0.25, 0.3) is 0 Å². The fourth-order valence-corrected chi connectivity index (χ4v) is 1.89. The van der Waals surface area contributed by atoms with Crippen molar-refractivity contribution in [2.75, 3.05) is 45.2 Å². The number of nitro benzene ring substituents is 1. The number of anilines is 1. The second-order valence-corrected chi connectivity index (χ2v) is 4.28. The van der Waals surface area contributed by atoms with E-state index in [0.29, 0.717) is 12.4 Å². The molecule has 104 valence electrons. The maximum Gasteiger partial charge on any atom is 0.271 e. The summed E-state index contributed by atoms with van der Waals surface area (Å²) >= 11 is 0. The van der Waals surface area contributed by atoms with E-state index in [2.05, 4.69) is 4.90 Å². The van der Waals surface area contributed by atoms with Gasteiger partial charge < -0.3 is 15.2 Å². The van der Waals surface area contributed by atoms with Crippen LogP contribution in [-0.4, -0.2) is 49.3 Å². The molecule has 1 fully saturated rings. The third kappa shape index (κ3) is 3.80. The molecule has 7 nitrogen and oxygen atoms in total. The number of benzene rings is 1. The molecule has 0 saturated carbocycles. The van der Waals surface area contributed by atoms with Gasteiger partial charge in [0.05, 0.1) is 23.8 Å². The maximum atomic E-state index is 10.6. The zero-order valence-electron chi connectivity index (χ0n) is 10.6. The third-order valence-corrected chi connectivity index (χ3v) is 2.97. The highest BCUT2D eigenvalue weighted by atomic mass is 16.6. The molecule has 0 amide bonds. The fraction of sp³-hybridized carbons (Fsp3) is 0.500. The Kier molecular flexibility index (Phi) is 4.53. The number of ether oxygens (including phenoxy) is 2. The molecule has 0 aliphatic carbocycles. The number of nitrogens with zero attached hydrogens (tertiary/aromatic N) is 2. The van der Waals surface area contributed by atoms with Crippen LogP contribution in [0.3, 0.4) is 0 Å². The number of hydrogen-bond donors (Lipinski definition) is 1. The standard InChI is InChI=1S/C12H17N3O4/c13-11-9-10(15(16)17)1-2-12(11)19-8-5-14-3-6-18-7-4-14/h1-2,9H,3-8,13H2. The number of nitro groups is 1. The van der Waals surface area contributed by atoms with Gasteiger partial charge in [0.1, 0.15) is 12.4 Å². The minimum atomic E-state index is -0.478. The second-order valence-electron chi connectivity index (χ2n) is 4.28. The lowest BCUT2D eigenvalue weighted by Crippen LogP contribution is -2.38. The molecule has 19 heavy (non-hydrogen) atoms. The summed E-state index contributed by atoms with van der Waals surface area (Å²) in [6.07, 6.45) is 0. The van der Waals surface area contributed by atoms with Crippen LogP contribution in [0, 0.1) is 10.1 Å². The minimum Gasteiger partial charge on any atom is -0.490 e. The summed E-state index contributed by atoms with van der Waals surface area (Å²) in [5.41, 5.74) is 5.97. The Morgan fingerprint density at radius 3 is 2.79 bits per heavy atom. The first kappa shape index (κ1) is 13.6. The van der Waals surface area contributed by atoms with E-state index in [1.807, 2.05) is 0 Å². The molecule has 1 saturated heterocycles. The van der Waals surface area contributed by atoms with Crippen LogP contribution in [-0.2, 0) is 4.74 Å². The van der Waals surface area contributed by atoms with E-state index in [4.69, 9.17) is 15.2 Å². The largest absolute Gasteiger partial charge is 0.490 e. The van der Waals surface area contributed by atoms with Crippen LogP contribution in [0.1, 0.15) is 0 Å². The van der Waals surface area contributed by atoms with Crippen LogP contribution < -0.4 is 10.5 Å².